The van der Waals surface area contributed by atoms with E-state index >= 15 is 0 Å². The van der Waals surface area contributed by atoms with Crippen molar-refractivity contribution in [1.29, 1.82) is 0 Å². The molecule has 0 spiro atoms. The summed E-state index contributed by atoms with van der Waals surface area (Å²) in [7, 11) is 4.07. The summed E-state index contributed by atoms with van der Waals surface area (Å²) in [6, 6.07) is 6.05. The fourth-order valence-corrected chi connectivity index (χ4v) is 3.09. The predicted molar refractivity (Wildman–Crippen MR) is 75.1 cm³/mol. The Bertz CT molecular complexity index is 456. The van der Waals surface area contributed by atoms with Crippen molar-refractivity contribution in [1.82, 2.24) is 4.90 Å². The number of Topliss-reactive ketones (excluding diaryl/α,β-unsaturated/α-hetero) is 1. The van der Waals surface area contributed by atoms with Crippen LogP contribution in [0.4, 0.5) is 0 Å². The SMILES string of the molecule is Cc1cccc(C(=O)C2(N(C)C)CCCC2)c1C. The number of rotatable bonds is 3. The lowest BCUT2D eigenvalue weighted by molar-refractivity contribution is 0.0692. The van der Waals surface area contributed by atoms with Crippen molar-refractivity contribution in [2.75, 3.05) is 14.1 Å². The third kappa shape index (κ3) is 1.99. The van der Waals surface area contributed by atoms with Crippen LogP contribution in [0.3, 0.4) is 0 Å². The molecule has 1 saturated carbocycles. The van der Waals surface area contributed by atoms with Gasteiger partial charge in [-0.05, 0) is 51.9 Å². The van der Waals surface area contributed by atoms with Gasteiger partial charge in [-0.2, -0.15) is 0 Å². The Labute approximate surface area is 110 Å². The highest BCUT2D eigenvalue weighted by Gasteiger charge is 2.43. The van der Waals surface area contributed by atoms with Crippen molar-refractivity contribution in [2.24, 2.45) is 0 Å². The van der Waals surface area contributed by atoms with E-state index in [0.717, 1.165) is 36.8 Å². The van der Waals surface area contributed by atoms with E-state index in [4.69, 9.17) is 0 Å². The van der Waals surface area contributed by atoms with Crippen LogP contribution in [0.2, 0.25) is 0 Å². The van der Waals surface area contributed by atoms with Gasteiger partial charge in [-0.3, -0.25) is 9.69 Å². The normalized spacial score (nSPS) is 18.3. The fourth-order valence-electron chi connectivity index (χ4n) is 3.09. The molecule has 0 bridgehead atoms. The number of ketones is 1. The zero-order valence-corrected chi connectivity index (χ0v) is 11.9. The van der Waals surface area contributed by atoms with Crippen LogP contribution in [0.25, 0.3) is 0 Å². The molecule has 0 radical (unpaired) electrons. The van der Waals surface area contributed by atoms with Crippen LogP contribution in [-0.4, -0.2) is 30.3 Å². The molecule has 1 aromatic carbocycles. The minimum atomic E-state index is -0.265. The van der Waals surface area contributed by atoms with Crippen LogP contribution in [0, 0.1) is 13.8 Å². The lowest BCUT2D eigenvalue weighted by atomic mass is 9.84. The number of benzene rings is 1. The average Bonchev–Trinajstić information content (AvgIpc) is 2.82. The third-order valence-electron chi connectivity index (χ3n) is 4.56. The van der Waals surface area contributed by atoms with Crippen molar-refractivity contribution in [2.45, 2.75) is 45.1 Å². The molecule has 1 aliphatic carbocycles. The van der Waals surface area contributed by atoms with Gasteiger partial charge in [0.05, 0.1) is 5.54 Å². The number of hydrogen-bond donors (Lipinski definition) is 0. The van der Waals surface area contributed by atoms with Gasteiger partial charge in [-0.1, -0.05) is 31.0 Å². The first-order valence-corrected chi connectivity index (χ1v) is 6.77. The van der Waals surface area contributed by atoms with Gasteiger partial charge in [0.25, 0.3) is 0 Å². The van der Waals surface area contributed by atoms with Crippen molar-refractivity contribution in [3.05, 3.63) is 34.9 Å². The predicted octanol–water partition coefficient (Wildman–Crippen LogP) is 3.36. The molecule has 2 heteroatoms. The molecule has 0 N–H and O–H groups in total. The molecule has 0 aliphatic heterocycles. The highest BCUT2D eigenvalue weighted by Crippen LogP contribution is 2.37. The Morgan fingerprint density at radius 1 is 1.17 bits per heavy atom. The van der Waals surface area contributed by atoms with Crippen LogP contribution in [0.1, 0.15) is 47.2 Å². The Balaban J connectivity index is 2.44. The highest BCUT2D eigenvalue weighted by molar-refractivity contribution is 6.04. The summed E-state index contributed by atoms with van der Waals surface area (Å²) in [5, 5.41) is 0. The molecule has 1 aromatic rings. The second-order valence-corrected chi connectivity index (χ2v) is 5.71. The molecule has 2 nitrogen and oxygen atoms in total. The molecule has 18 heavy (non-hydrogen) atoms. The van der Waals surface area contributed by atoms with E-state index < -0.39 is 0 Å². The molecular formula is C16H23NO. The Kier molecular flexibility index (Phi) is 3.58. The van der Waals surface area contributed by atoms with Gasteiger partial charge in [-0.15, -0.1) is 0 Å². The summed E-state index contributed by atoms with van der Waals surface area (Å²) in [4.78, 5) is 15.1. The lowest BCUT2D eigenvalue weighted by Crippen LogP contribution is -2.49. The second-order valence-electron chi connectivity index (χ2n) is 5.71. The molecule has 0 aromatic heterocycles. The van der Waals surface area contributed by atoms with Gasteiger partial charge in [0.15, 0.2) is 5.78 Å². The first-order valence-electron chi connectivity index (χ1n) is 6.77. The van der Waals surface area contributed by atoms with Gasteiger partial charge in [0.2, 0.25) is 0 Å². The zero-order chi connectivity index (χ0) is 13.3. The molecule has 0 heterocycles. The van der Waals surface area contributed by atoms with Crippen LogP contribution in [0.15, 0.2) is 18.2 Å². The minimum Gasteiger partial charge on any atom is -0.297 e. The highest BCUT2D eigenvalue weighted by atomic mass is 16.1. The molecule has 0 saturated heterocycles. The Hall–Kier alpha value is -1.15. The van der Waals surface area contributed by atoms with Gasteiger partial charge in [-0.25, -0.2) is 0 Å². The van der Waals surface area contributed by atoms with E-state index in [9.17, 15) is 4.79 Å². The van der Waals surface area contributed by atoms with E-state index in [1.807, 2.05) is 26.2 Å². The molecular weight excluding hydrogens is 222 g/mol. The first kappa shape index (κ1) is 13.3. The maximum Gasteiger partial charge on any atom is 0.183 e. The quantitative estimate of drug-likeness (QED) is 0.761. The number of aryl methyl sites for hydroxylation is 1. The fraction of sp³-hybridized carbons (Fsp3) is 0.562. The molecule has 0 atom stereocenters. The summed E-state index contributed by atoms with van der Waals surface area (Å²) in [5.41, 5.74) is 2.98. The van der Waals surface area contributed by atoms with Crippen LogP contribution < -0.4 is 0 Å². The van der Waals surface area contributed by atoms with Crippen molar-refractivity contribution in [3.8, 4) is 0 Å². The first-order chi connectivity index (χ1) is 8.49. The van der Waals surface area contributed by atoms with E-state index in [0.29, 0.717) is 5.78 Å². The van der Waals surface area contributed by atoms with Gasteiger partial charge < -0.3 is 0 Å². The molecule has 1 aliphatic rings. The minimum absolute atomic E-state index is 0.265. The Morgan fingerprint density at radius 3 is 2.33 bits per heavy atom. The third-order valence-corrected chi connectivity index (χ3v) is 4.56. The zero-order valence-electron chi connectivity index (χ0n) is 11.9. The molecule has 0 amide bonds. The van der Waals surface area contributed by atoms with Crippen molar-refractivity contribution in [3.63, 3.8) is 0 Å². The van der Waals surface area contributed by atoms with E-state index in [1.165, 1.54) is 5.56 Å². The Morgan fingerprint density at radius 2 is 1.78 bits per heavy atom. The van der Waals surface area contributed by atoms with E-state index in [2.05, 4.69) is 24.8 Å². The van der Waals surface area contributed by atoms with Gasteiger partial charge in [0.1, 0.15) is 0 Å². The van der Waals surface area contributed by atoms with E-state index in [1.54, 1.807) is 0 Å². The summed E-state index contributed by atoms with van der Waals surface area (Å²) in [5.74, 6) is 0.311. The number of likely N-dealkylation sites (N-methyl/N-ethyl adjacent to an activating group) is 1. The van der Waals surface area contributed by atoms with Gasteiger partial charge >= 0.3 is 0 Å². The lowest BCUT2D eigenvalue weighted by Gasteiger charge is -2.35. The van der Waals surface area contributed by atoms with E-state index in [-0.39, 0.29) is 5.54 Å². The van der Waals surface area contributed by atoms with Gasteiger partial charge in [0, 0.05) is 5.56 Å². The molecule has 98 valence electrons. The average molecular weight is 245 g/mol. The van der Waals surface area contributed by atoms with Crippen LogP contribution >= 0.6 is 0 Å². The van der Waals surface area contributed by atoms with Crippen molar-refractivity contribution < 1.29 is 4.79 Å². The molecule has 2 rings (SSSR count). The van der Waals surface area contributed by atoms with Crippen LogP contribution in [-0.2, 0) is 0 Å². The number of nitrogens with zero attached hydrogens (tertiary/aromatic N) is 1. The number of carbonyl (C=O) groups excluding carboxylic acids is 1. The largest absolute Gasteiger partial charge is 0.297 e. The topological polar surface area (TPSA) is 20.3 Å². The van der Waals surface area contributed by atoms with Crippen molar-refractivity contribution >= 4 is 5.78 Å². The smallest absolute Gasteiger partial charge is 0.183 e. The second kappa shape index (κ2) is 4.85. The summed E-state index contributed by atoms with van der Waals surface area (Å²) in [6.07, 6.45) is 4.31. The number of hydrogen-bond acceptors (Lipinski definition) is 2. The molecule has 0 unspecified atom stereocenters. The summed E-state index contributed by atoms with van der Waals surface area (Å²) < 4.78 is 0. The monoisotopic (exact) mass is 245 g/mol. The maximum atomic E-state index is 12.9. The summed E-state index contributed by atoms with van der Waals surface area (Å²) in [6.45, 7) is 4.13. The molecule has 1 fully saturated rings. The van der Waals surface area contributed by atoms with Crippen LogP contribution in [0.5, 0.6) is 0 Å². The standard InChI is InChI=1S/C16H23NO/c1-12-8-7-9-14(13(12)2)15(18)16(17(3)4)10-5-6-11-16/h7-9H,5-6,10-11H2,1-4H3. The number of carbonyl (C=O) groups is 1. The summed E-state index contributed by atoms with van der Waals surface area (Å²) >= 11 is 0. The maximum absolute atomic E-state index is 12.9.